The lowest BCUT2D eigenvalue weighted by Gasteiger charge is -2.09. The van der Waals surface area contributed by atoms with E-state index in [0.717, 1.165) is 16.0 Å². The number of ketones is 1. The monoisotopic (exact) mass is 419 g/mol. The van der Waals surface area contributed by atoms with Crippen molar-refractivity contribution in [3.63, 3.8) is 0 Å². The van der Waals surface area contributed by atoms with Gasteiger partial charge in [0.15, 0.2) is 12.4 Å². The van der Waals surface area contributed by atoms with Crippen molar-refractivity contribution < 1.29 is 19.1 Å². The molecule has 0 spiro atoms. The number of carbonyl (C=O) groups is 3. The van der Waals surface area contributed by atoms with E-state index in [1.54, 1.807) is 30.3 Å². The number of hydrogen-bond donors (Lipinski definition) is 1. The average molecular weight is 420 g/mol. The largest absolute Gasteiger partial charge is 0.452 e. The fraction of sp³-hybridized carbons (Fsp3) is 0.125. The summed E-state index contributed by atoms with van der Waals surface area (Å²) in [5.41, 5.74) is 3.44. The maximum absolute atomic E-state index is 12.7. The molecular weight excluding hydrogens is 398 g/mol. The molecule has 0 saturated carbocycles. The molecule has 3 rings (SSSR count). The van der Waals surface area contributed by atoms with Gasteiger partial charge in [-0.1, -0.05) is 35.9 Å². The molecule has 0 aliphatic carbocycles. The smallest absolute Gasteiger partial charge is 0.340 e. The molecule has 3 aromatic rings. The van der Waals surface area contributed by atoms with E-state index in [4.69, 9.17) is 4.74 Å². The zero-order valence-electron chi connectivity index (χ0n) is 16.7. The number of thiophene rings is 1. The second-order valence-corrected chi connectivity index (χ2v) is 7.65. The Morgan fingerprint density at radius 1 is 1.03 bits per heavy atom. The summed E-state index contributed by atoms with van der Waals surface area (Å²) in [5, 5.41) is 4.53. The van der Waals surface area contributed by atoms with Crippen molar-refractivity contribution in [2.45, 2.75) is 13.8 Å². The lowest BCUT2D eigenvalue weighted by atomic mass is 10.1. The number of ether oxygens (including phenoxy) is 1. The molecule has 6 heteroatoms. The van der Waals surface area contributed by atoms with Gasteiger partial charge in [-0.3, -0.25) is 9.59 Å². The summed E-state index contributed by atoms with van der Waals surface area (Å²) in [7, 11) is 0. The Labute approximate surface area is 179 Å². The maximum atomic E-state index is 12.7. The van der Waals surface area contributed by atoms with Gasteiger partial charge >= 0.3 is 5.97 Å². The minimum absolute atomic E-state index is 0.0525. The number of benzene rings is 2. The number of Topliss-reactive ketones (excluding diaryl/α,β-unsaturated/α-hetero) is 1. The van der Waals surface area contributed by atoms with Crippen LogP contribution in [0, 0.1) is 6.92 Å². The molecule has 1 N–H and O–H groups in total. The SMILES string of the molecule is CC(=O)c1ccc(NC(=O)COC(=O)/C(=C/c2cccc(C)c2)c2cccs2)cc1. The van der Waals surface area contributed by atoms with E-state index in [1.807, 2.05) is 48.7 Å². The summed E-state index contributed by atoms with van der Waals surface area (Å²) in [6.45, 7) is 3.04. The van der Waals surface area contributed by atoms with Crippen LogP contribution in [0.15, 0.2) is 66.0 Å². The zero-order valence-corrected chi connectivity index (χ0v) is 17.5. The molecule has 0 fully saturated rings. The van der Waals surface area contributed by atoms with Crippen LogP contribution in [0.5, 0.6) is 0 Å². The second-order valence-electron chi connectivity index (χ2n) is 6.71. The number of esters is 1. The molecule has 1 heterocycles. The van der Waals surface area contributed by atoms with E-state index >= 15 is 0 Å². The third-order valence-electron chi connectivity index (χ3n) is 4.27. The summed E-state index contributed by atoms with van der Waals surface area (Å²) >= 11 is 1.43. The molecule has 152 valence electrons. The Bertz CT molecular complexity index is 1080. The standard InChI is InChI=1S/C24H21NO4S/c1-16-5-3-6-18(13-16)14-21(22-7-4-12-30-22)24(28)29-15-23(27)25-20-10-8-19(9-11-20)17(2)26/h3-14H,15H2,1-2H3,(H,25,27)/b21-14+. The van der Waals surface area contributed by atoms with Crippen molar-refractivity contribution in [1.29, 1.82) is 0 Å². The van der Waals surface area contributed by atoms with Crippen molar-refractivity contribution in [2.24, 2.45) is 0 Å². The van der Waals surface area contributed by atoms with Gasteiger partial charge in [-0.2, -0.15) is 0 Å². The van der Waals surface area contributed by atoms with E-state index in [2.05, 4.69) is 5.32 Å². The zero-order chi connectivity index (χ0) is 21.5. The van der Waals surface area contributed by atoms with Gasteiger partial charge in [0, 0.05) is 16.1 Å². The average Bonchev–Trinajstić information content (AvgIpc) is 3.25. The number of rotatable bonds is 7. The number of nitrogens with one attached hydrogen (secondary N) is 1. The van der Waals surface area contributed by atoms with Gasteiger partial charge < -0.3 is 10.1 Å². The van der Waals surface area contributed by atoms with Gasteiger partial charge in [-0.15, -0.1) is 11.3 Å². The first kappa shape index (κ1) is 21.2. The number of anilines is 1. The number of aryl methyl sites for hydroxylation is 1. The maximum Gasteiger partial charge on any atom is 0.340 e. The van der Waals surface area contributed by atoms with Crippen LogP contribution in [0.3, 0.4) is 0 Å². The molecule has 0 unspecified atom stereocenters. The van der Waals surface area contributed by atoms with Gasteiger partial charge in [-0.05, 0) is 61.2 Å². The summed E-state index contributed by atoms with van der Waals surface area (Å²) in [4.78, 5) is 37.0. The van der Waals surface area contributed by atoms with E-state index in [1.165, 1.54) is 18.3 Å². The van der Waals surface area contributed by atoms with Crippen molar-refractivity contribution in [3.8, 4) is 0 Å². The van der Waals surface area contributed by atoms with Crippen LogP contribution < -0.4 is 5.32 Å². The van der Waals surface area contributed by atoms with E-state index in [9.17, 15) is 14.4 Å². The van der Waals surface area contributed by atoms with Crippen LogP contribution in [0.2, 0.25) is 0 Å². The van der Waals surface area contributed by atoms with Crippen LogP contribution in [0.25, 0.3) is 11.6 Å². The number of hydrogen-bond acceptors (Lipinski definition) is 5. The second kappa shape index (κ2) is 9.80. The molecule has 5 nitrogen and oxygen atoms in total. The van der Waals surface area contributed by atoms with Gasteiger partial charge in [0.05, 0.1) is 5.57 Å². The Morgan fingerprint density at radius 3 is 2.43 bits per heavy atom. The van der Waals surface area contributed by atoms with Crippen LogP contribution in [0.4, 0.5) is 5.69 Å². The molecule has 1 amide bonds. The summed E-state index contributed by atoms with van der Waals surface area (Å²) < 4.78 is 5.26. The Morgan fingerprint density at radius 2 is 1.80 bits per heavy atom. The van der Waals surface area contributed by atoms with Crippen molar-refractivity contribution in [3.05, 3.63) is 87.6 Å². The lowest BCUT2D eigenvalue weighted by Crippen LogP contribution is -2.21. The third kappa shape index (κ3) is 5.75. The molecule has 0 saturated heterocycles. The topological polar surface area (TPSA) is 72.5 Å². The Kier molecular flexibility index (Phi) is 6.93. The van der Waals surface area contributed by atoms with Gasteiger partial charge in [0.25, 0.3) is 5.91 Å². The summed E-state index contributed by atoms with van der Waals surface area (Å²) in [5.74, 6) is -1.08. The summed E-state index contributed by atoms with van der Waals surface area (Å²) in [6.07, 6.45) is 1.76. The predicted molar refractivity (Wildman–Crippen MR) is 119 cm³/mol. The van der Waals surface area contributed by atoms with Crippen LogP contribution >= 0.6 is 11.3 Å². The van der Waals surface area contributed by atoms with Gasteiger partial charge in [0.2, 0.25) is 0 Å². The Hall–Kier alpha value is -3.51. The van der Waals surface area contributed by atoms with Crippen molar-refractivity contribution in [1.82, 2.24) is 0 Å². The van der Waals surface area contributed by atoms with E-state index < -0.39 is 18.5 Å². The fourth-order valence-corrected chi connectivity index (χ4v) is 3.51. The number of amides is 1. The first-order valence-electron chi connectivity index (χ1n) is 9.32. The highest BCUT2D eigenvalue weighted by Gasteiger charge is 2.17. The first-order chi connectivity index (χ1) is 14.4. The normalized spacial score (nSPS) is 11.1. The van der Waals surface area contributed by atoms with Crippen molar-refractivity contribution >= 4 is 46.3 Å². The highest BCUT2D eigenvalue weighted by molar-refractivity contribution is 7.11. The number of carbonyl (C=O) groups excluding carboxylic acids is 3. The Balaban J connectivity index is 1.67. The first-order valence-corrected chi connectivity index (χ1v) is 10.2. The van der Waals surface area contributed by atoms with Crippen LogP contribution in [-0.4, -0.2) is 24.3 Å². The van der Waals surface area contributed by atoms with Crippen LogP contribution in [-0.2, 0) is 14.3 Å². The van der Waals surface area contributed by atoms with E-state index in [0.29, 0.717) is 16.8 Å². The molecule has 1 aromatic heterocycles. The van der Waals surface area contributed by atoms with E-state index in [-0.39, 0.29) is 5.78 Å². The van der Waals surface area contributed by atoms with Crippen LogP contribution in [0.1, 0.15) is 33.3 Å². The molecule has 0 aliphatic rings. The molecule has 0 atom stereocenters. The molecule has 0 aliphatic heterocycles. The van der Waals surface area contributed by atoms with Crippen molar-refractivity contribution in [2.75, 3.05) is 11.9 Å². The lowest BCUT2D eigenvalue weighted by molar-refractivity contribution is -0.141. The molecular formula is C24H21NO4S. The molecule has 30 heavy (non-hydrogen) atoms. The minimum Gasteiger partial charge on any atom is -0.452 e. The minimum atomic E-state index is -0.568. The fourth-order valence-electron chi connectivity index (χ4n) is 2.78. The van der Waals surface area contributed by atoms with Gasteiger partial charge in [0.1, 0.15) is 0 Å². The predicted octanol–water partition coefficient (Wildman–Crippen LogP) is 4.98. The van der Waals surface area contributed by atoms with Gasteiger partial charge in [-0.25, -0.2) is 4.79 Å². The quantitative estimate of drug-likeness (QED) is 0.333. The molecule has 0 bridgehead atoms. The highest BCUT2D eigenvalue weighted by atomic mass is 32.1. The highest BCUT2D eigenvalue weighted by Crippen LogP contribution is 2.24. The molecule has 2 aromatic carbocycles. The third-order valence-corrected chi connectivity index (χ3v) is 5.17. The summed E-state index contributed by atoms with van der Waals surface area (Å²) in [6, 6.07) is 18.0. The molecule has 0 radical (unpaired) electrons.